The summed E-state index contributed by atoms with van der Waals surface area (Å²) in [6.45, 7) is 2.73. The predicted molar refractivity (Wildman–Crippen MR) is 120 cm³/mol. The van der Waals surface area contributed by atoms with Gasteiger partial charge in [0, 0.05) is 35.5 Å². The first kappa shape index (κ1) is 19.2. The number of rotatable bonds is 5. The van der Waals surface area contributed by atoms with Gasteiger partial charge in [-0.15, -0.1) is 0 Å². The molecule has 0 aliphatic carbocycles. The molecule has 1 atom stereocenters. The SMILES string of the molecule is CCOc1ccccc1N1C[C@@H](C(=O)Nc2ccc3c(c2)oc2ccccc23)CC1=O. The quantitative estimate of drug-likeness (QED) is 0.500. The molecule has 2 heterocycles. The first-order valence-corrected chi connectivity index (χ1v) is 10.4. The summed E-state index contributed by atoms with van der Waals surface area (Å²) in [7, 11) is 0. The van der Waals surface area contributed by atoms with Crippen LogP contribution in [-0.2, 0) is 9.59 Å². The zero-order valence-electron chi connectivity index (χ0n) is 17.1. The maximum absolute atomic E-state index is 12.9. The molecule has 0 bridgehead atoms. The van der Waals surface area contributed by atoms with Crippen molar-refractivity contribution in [1.82, 2.24) is 0 Å². The van der Waals surface area contributed by atoms with Crippen LogP contribution in [0.1, 0.15) is 13.3 Å². The van der Waals surface area contributed by atoms with Gasteiger partial charge in [-0.1, -0.05) is 30.3 Å². The van der Waals surface area contributed by atoms with Gasteiger partial charge in [0.2, 0.25) is 11.8 Å². The van der Waals surface area contributed by atoms with E-state index in [4.69, 9.17) is 9.15 Å². The van der Waals surface area contributed by atoms with Crippen LogP contribution >= 0.6 is 0 Å². The topological polar surface area (TPSA) is 71.8 Å². The van der Waals surface area contributed by atoms with Crippen molar-refractivity contribution >= 4 is 45.1 Å². The van der Waals surface area contributed by atoms with Crippen LogP contribution < -0.4 is 15.0 Å². The van der Waals surface area contributed by atoms with Crippen molar-refractivity contribution in [2.75, 3.05) is 23.4 Å². The van der Waals surface area contributed by atoms with Crippen molar-refractivity contribution in [3.63, 3.8) is 0 Å². The molecule has 0 radical (unpaired) electrons. The number of carbonyl (C=O) groups excluding carboxylic acids is 2. The molecule has 6 nitrogen and oxygen atoms in total. The van der Waals surface area contributed by atoms with Gasteiger partial charge >= 0.3 is 0 Å². The smallest absolute Gasteiger partial charge is 0.229 e. The highest BCUT2D eigenvalue weighted by atomic mass is 16.5. The number of nitrogens with zero attached hydrogens (tertiary/aromatic N) is 1. The Balaban J connectivity index is 1.34. The second-order valence-corrected chi connectivity index (χ2v) is 7.60. The predicted octanol–water partition coefficient (Wildman–Crippen LogP) is 4.98. The molecule has 6 heteroatoms. The summed E-state index contributed by atoms with van der Waals surface area (Å²) in [6, 6.07) is 20.9. The van der Waals surface area contributed by atoms with Gasteiger partial charge < -0.3 is 19.4 Å². The van der Waals surface area contributed by atoms with E-state index < -0.39 is 5.92 Å². The van der Waals surface area contributed by atoms with E-state index in [1.165, 1.54) is 0 Å². The van der Waals surface area contributed by atoms with Gasteiger partial charge in [-0.05, 0) is 37.3 Å². The molecule has 1 aromatic heterocycles. The van der Waals surface area contributed by atoms with Gasteiger partial charge in [-0.2, -0.15) is 0 Å². The largest absolute Gasteiger partial charge is 0.492 e. The number of furan rings is 1. The number of hydrogen-bond donors (Lipinski definition) is 1. The minimum atomic E-state index is -0.437. The fraction of sp³-hybridized carbons (Fsp3) is 0.200. The van der Waals surface area contributed by atoms with Gasteiger partial charge in [0.1, 0.15) is 16.9 Å². The Hall–Kier alpha value is -3.80. The number of para-hydroxylation sites is 3. The minimum Gasteiger partial charge on any atom is -0.492 e. The maximum Gasteiger partial charge on any atom is 0.229 e. The lowest BCUT2D eigenvalue weighted by atomic mass is 10.1. The van der Waals surface area contributed by atoms with Crippen LogP contribution in [0.15, 0.2) is 71.1 Å². The van der Waals surface area contributed by atoms with E-state index in [1.54, 1.807) is 4.90 Å². The van der Waals surface area contributed by atoms with E-state index in [0.29, 0.717) is 35.9 Å². The lowest BCUT2D eigenvalue weighted by Gasteiger charge is -2.20. The molecule has 1 fully saturated rings. The fourth-order valence-corrected chi connectivity index (χ4v) is 4.12. The summed E-state index contributed by atoms with van der Waals surface area (Å²) >= 11 is 0. The third kappa shape index (κ3) is 3.50. The Morgan fingerprint density at radius 2 is 1.84 bits per heavy atom. The van der Waals surface area contributed by atoms with Crippen molar-refractivity contribution in [3.8, 4) is 5.75 Å². The van der Waals surface area contributed by atoms with E-state index in [9.17, 15) is 9.59 Å². The van der Waals surface area contributed by atoms with E-state index >= 15 is 0 Å². The van der Waals surface area contributed by atoms with Crippen molar-refractivity contribution in [2.24, 2.45) is 5.92 Å². The number of carbonyl (C=O) groups is 2. The zero-order chi connectivity index (χ0) is 21.4. The molecule has 0 spiro atoms. The highest BCUT2D eigenvalue weighted by Crippen LogP contribution is 2.34. The number of hydrogen-bond acceptors (Lipinski definition) is 4. The second kappa shape index (κ2) is 7.80. The number of amides is 2. The third-order valence-corrected chi connectivity index (χ3v) is 5.60. The summed E-state index contributed by atoms with van der Waals surface area (Å²) in [5.74, 6) is -0.0523. The van der Waals surface area contributed by atoms with Crippen LogP contribution in [0.4, 0.5) is 11.4 Å². The summed E-state index contributed by atoms with van der Waals surface area (Å²) < 4.78 is 11.6. The number of fused-ring (bicyclic) bond motifs is 3. The molecular formula is C25H22N2O4. The van der Waals surface area contributed by atoms with Gasteiger partial charge in [-0.3, -0.25) is 9.59 Å². The summed E-state index contributed by atoms with van der Waals surface area (Å²) in [4.78, 5) is 27.2. The van der Waals surface area contributed by atoms with Crippen LogP contribution in [0.2, 0.25) is 0 Å². The van der Waals surface area contributed by atoms with Gasteiger partial charge in [0.15, 0.2) is 0 Å². The second-order valence-electron chi connectivity index (χ2n) is 7.60. The third-order valence-electron chi connectivity index (χ3n) is 5.60. The van der Waals surface area contributed by atoms with Crippen molar-refractivity contribution in [1.29, 1.82) is 0 Å². The summed E-state index contributed by atoms with van der Waals surface area (Å²) in [5.41, 5.74) is 2.88. The molecule has 1 aliphatic rings. The summed E-state index contributed by atoms with van der Waals surface area (Å²) in [6.07, 6.45) is 0.166. The average Bonchev–Trinajstić information content (AvgIpc) is 3.34. The van der Waals surface area contributed by atoms with Crippen molar-refractivity contribution in [2.45, 2.75) is 13.3 Å². The van der Waals surface area contributed by atoms with Crippen molar-refractivity contribution < 1.29 is 18.7 Å². The Morgan fingerprint density at radius 1 is 1.06 bits per heavy atom. The molecule has 1 aliphatic heterocycles. The molecule has 4 aromatic rings. The van der Waals surface area contributed by atoms with E-state index in [-0.39, 0.29) is 18.2 Å². The van der Waals surface area contributed by atoms with Crippen molar-refractivity contribution in [3.05, 3.63) is 66.7 Å². The Labute approximate surface area is 179 Å². The van der Waals surface area contributed by atoms with Crippen LogP contribution in [-0.4, -0.2) is 25.0 Å². The minimum absolute atomic E-state index is 0.0833. The molecule has 1 N–H and O–H groups in total. The van der Waals surface area contributed by atoms with Gasteiger partial charge in [0.25, 0.3) is 0 Å². The van der Waals surface area contributed by atoms with Gasteiger partial charge in [0.05, 0.1) is 18.2 Å². The fourth-order valence-electron chi connectivity index (χ4n) is 4.12. The molecule has 2 amide bonds. The number of benzene rings is 3. The number of ether oxygens (including phenoxy) is 1. The maximum atomic E-state index is 12.9. The average molecular weight is 414 g/mol. The van der Waals surface area contributed by atoms with E-state index in [1.807, 2.05) is 73.7 Å². The molecule has 31 heavy (non-hydrogen) atoms. The first-order chi connectivity index (χ1) is 15.1. The normalized spacial score (nSPS) is 16.2. The Morgan fingerprint density at radius 3 is 2.71 bits per heavy atom. The lowest BCUT2D eigenvalue weighted by molar-refractivity contribution is -0.122. The Bertz CT molecular complexity index is 1290. The molecule has 0 saturated carbocycles. The van der Waals surface area contributed by atoms with Crippen LogP contribution in [0.5, 0.6) is 5.75 Å². The van der Waals surface area contributed by atoms with Crippen LogP contribution in [0.25, 0.3) is 21.9 Å². The van der Waals surface area contributed by atoms with Gasteiger partial charge in [-0.25, -0.2) is 0 Å². The lowest BCUT2D eigenvalue weighted by Crippen LogP contribution is -2.28. The number of anilines is 2. The molecule has 5 rings (SSSR count). The van der Waals surface area contributed by atoms with Crippen LogP contribution in [0.3, 0.4) is 0 Å². The molecule has 0 unspecified atom stereocenters. The van der Waals surface area contributed by atoms with Crippen LogP contribution in [0, 0.1) is 5.92 Å². The van der Waals surface area contributed by atoms with E-state index in [2.05, 4.69) is 5.32 Å². The highest BCUT2D eigenvalue weighted by Gasteiger charge is 2.36. The standard InChI is InChI=1S/C25H22N2O4/c1-2-30-22-10-6-4-8-20(22)27-15-16(13-24(27)28)25(29)26-17-11-12-19-18-7-3-5-9-21(18)31-23(19)14-17/h3-12,14,16H,2,13,15H2,1H3,(H,26,29)/t16-/m0/s1. The molecule has 156 valence electrons. The monoisotopic (exact) mass is 414 g/mol. The zero-order valence-corrected chi connectivity index (χ0v) is 17.1. The first-order valence-electron chi connectivity index (χ1n) is 10.4. The molecule has 3 aromatic carbocycles. The van der Waals surface area contributed by atoms with E-state index in [0.717, 1.165) is 16.4 Å². The molecular weight excluding hydrogens is 392 g/mol. The summed E-state index contributed by atoms with van der Waals surface area (Å²) in [5, 5.41) is 4.99. The molecule has 1 saturated heterocycles. The Kier molecular flexibility index (Phi) is 4.82. The number of nitrogens with one attached hydrogen (secondary N) is 1. The highest BCUT2D eigenvalue weighted by molar-refractivity contribution is 6.07.